The molecule has 276 valence electrons. The number of benzene rings is 6. The summed E-state index contributed by atoms with van der Waals surface area (Å²) < 4.78 is 2.59. The zero-order chi connectivity index (χ0) is 37.6. The van der Waals surface area contributed by atoms with Gasteiger partial charge in [-0.1, -0.05) is 148 Å². The van der Waals surface area contributed by atoms with Crippen LogP contribution in [0.4, 0.5) is 17.1 Å². The van der Waals surface area contributed by atoms with Gasteiger partial charge in [0.25, 0.3) is 0 Å². The van der Waals surface area contributed by atoms with Crippen molar-refractivity contribution in [1.82, 2.24) is 4.98 Å². The van der Waals surface area contributed by atoms with E-state index in [0.29, 0.717) is 11.8 Å². The fourth-order valence-electron chi connectivity index (χ4n) is 7.53. The molecule has 0 saturated heterocycles. The predicted molar refractivity (Wildman–Crippen MR) is 236 cm³/mol. The summed E-state index contributed by atoms with van der Waals surface area (Å²) in [5.74, 6) is 0.823. The van der Waals surface area contributed by atoms with Crippen LogP contribution in [0.2, 0.25) is 19.6 Å². The van der Waals surface area contributed by atoms with Crippen LogP contribution in [0.5, 0.6) is 0 Å². The maximum absolute atomic E-state index is 5.25. The van der Waals surface area contributed by atoms with E-state index in [1.54, 1.807) is 0 Å². The number of hydrogen-bond donors (Lipinski definition) is 0. The number of hydrogen-bond acceptors (Lipinski definition) is 3. The van der Waals surface area contributed by atoms with E-state index in [-0.39, 0.29) is 26.3 Å². The minimum atomic E-state index is -1.28. The van der Waals surface area contributed by atoms with Crippen molar-refractivity contribution in [1.29, 1.82) is 0 Å². The van der Waals surface area contributed by atoms with Gasteiger partial charge < -0.3 is 15.2 Å². The van der Waals surface area contributed by atoms with Crippen LogP contribution in [-0.2, 0) is 20.1 Å². The van der Waals surface area contributed by atoms with Crippen molar-refractivity contribution in [3.8, 4) is 11.3 Å². The van der Waals surface area contributed by atoms with Crippen molar-refractivity contribution in [2.75, 3.05) is 4.90 Å². The minimum absolute atomic E-state index is 0. The van der Waals surface area contributed by atoms with E-state index in [9.17, 15) is 0 Å². The number of thiophene rings is 1. The molecule has 0 N–H and O–H groups in total. The molecule has 9 rings (SSSR count). The quantitative estimate of drug-likeness (QED) is 0.123. The Morgan fingerprint density at radius 2 is 1.40 bits per heavy atom. The van der Waals surface area contributed by atoms with Gasteiger partial charge in [-0.2, -0.15) is 23.8 Å². The topological polar surface area (TPSA) is 30.2 Å². The number of anilines is 2. The van der Waals surface area contributed by atoms with Crippen LogP contribution in [0.15, 0.2) is 134 Å². The molecule has 0 fully saturated rings. The van der Waals surface area contributed by atoms with Crippen LogP contribution in [-0.4, -0.2) is 13.1 Å². The third kappa shape index (κ3) is 7.54. The van der Waals surface area contributed by atoms with Crippen molar-refractivity contribution >= 4 is 72.6 Å². The van der Waals surface area contributed by atoms with E-state index < -0.39 is 8.07 Å². The van der Waals surface area contributed by atoms with Gasteiger partial charge in [-0.3, -0.25) is 0 Å². The summed E-state index contributed by atoms with van der Waals surface area (Å²) in [5, 5.41) is 11.7. The Hall–Kier alpha value is -4.58. The summed E-state index contributed by atoms with van der Waals surface area (Å²) >= 11 is 1.83. The van der Waals surface area contributed by atoms with E-state index in [2.05, 4.69) is 191 Å². The Balaban J connectivity index is 0.000000190. The molecule has 1 aliphatic heterocycles. The fraction of sp³-hybridized carbons (Fsp3) is 0.204. The molecule has 0 spiro atoms. The maximum atomic E-state index is 5.25. The zero-order valence-electron chi connectivity index (χ0n) is 32.5. The Labute approximate surface area is 344 Å². The molecule has 8 aromatic rings. The van der Waals surface area contributed by atoms with Crippen LogP contribution in [0.3, 0.4) is 0 Å². The third-order valence-electron chi connectivity index (χ3n) is 10.4. The Kier molecular flexibility index (Phi) is 11.2. The summed E-state index contributed by atoms with van der Waals surface area (Å²) in [6.45, 7) is 16.2. The molecular formula is C49H46IrN3SSi. The summed E-state index contributed by atoms with van der Waals surface area (Å²) in [5.41, 5.74) is 9.45. The Morgan fingerprint density at radius 1 is 0.709 bits per heavy atom. The van der Waals surface area contributed by atoms with Crippen LogP contribution in [0.1, 0.15) is 62.4 Å². The van der Waals surface area contributed by atoms with Gasteiger partial charge >= 0.3 is 20.1 Å². The first-order chi connectivity index (χ1) is 26.1. The van der Waals surface area contributed by atoms with Crippen molar-refractivity contribution in [3.63, 3.8) is 0 Å². The van der Waals surface area contributed by atoms with Gasteiger partial charge in [0, 0.05) is 22.3 Å². The molecule has 0 aliphatic carbocycles. The SMILES string of the molecule is CC(C)c1cccc(C(C)C)c1N1c2ccccc2[N-]C1c1[c-]cc2sc3ccccc3c2c1.C[Si](C)(C)c1ccc(-c2[c-]ccc3ccccc23)nc1.[Ir+3]. The van der Waals surface area contributed by atoms with Gasteiger partial charge in [0.1, 0.15) is 0 Å². The predicted octanol–water partition coefficient (Wildman–Crippen LogP) is 14.2. The average molecular weight is 929 g/mol. The van der Waals surface area contributed by atoms with Crippen LogP contribution in [0.25, 0.3) is 47.5 Å². The second kappa shape index (κ2) is 15.9. The molecular weight excluding hydrogens is 883 g/mol. The number of para-hydroxylation sites is 3. The van der Waals surface area contributed by atoms with Crippen molar-refractivity contribution < 1.29 is 20.1 Å². The first-order valence-electron chi connectivity index (χ1n) is 19.0. The number of rotatable bonds is 6. The van der Waals surface area contributed by atoms with E-state index in [0.717, 1.165) is 22.5 Å². The largest absolute Gasteiger partial charge is 3.00 e. The maximum Gasteiger partial charge on any atom is 3.00 e. The molecule has 0 radical (unpaired) electrons. The summed E-state index contributed by atoms with van der Waals surface area (Å²) in [6.07, 6.45) is 1.90. The number of aromatic nitrogens is 1. The van der Waals surface area contributed by atoms with Crippen molar-refractivity contribution in [3.05, 3.63) is 168 Å². The second-order valence-corrected chi connectivity index (χ2v) is 22.0. The van der Waals surface area contributed by atoms with Gasteiger partial charge in [0.15, 0.2) is 0 Å². The standard InChI is InChI=1S/C31H28N2S.C18H18NSi.Ir/c1-19(2)22-11-9-12-23(20(3)4)30(22)33-27-14-7-6-13-26(27)32-31(33)21-16-17-29-25(18-21)24-10-5-8-15-28(24)34-29;1-20(2,3)15-11-12-18(19-13-15)17-10-6-8-14-7-4-5-9-16(14)17;/h5-15,17-20,31H,1-4H3;4-9,11-13H,1-3H3;/q-2;-1;+3. The average Bonchev–Trinajstić information content (AvgIpc) is 3.75. The summed E-state index contributed by atoms with van der Waals surface area (Å²) in [4.78, 5) is 7.13. The van der Waals surface area contributed by atoms with Gasteiger partial charge in [-0.15, -0.1) is 40.2 Å². The van der Waals surface area contributed by atoms with E-state index in [4.69, 9.17) is 5.32 Å². The summed E-state index contributed by atoms with van der Waals surface area (Å²) in [6, 6.07) is 52.2. The molecule has 3 nitrogen and oxygen atoms in total. The molecule has 6 aromatic carbocycles. The molecule has 3 heterocycles. The first kappa shape index (κ1) is 38.7. The zero-order valence-corrected chi connectivity index (χ0v) is 36.7. The van der Waals surface area contributed by atoms with Gasteiger partial charge in [0.2, 0.25) is 0 Å². The van der Waals surface area contributed by atoms with E-state index in [1.807, 2.05) is 23.6 Å². The van der Waals surface area contributed by atoms with Gasteiger partial charge in [-0.05, 0) is 57.5 Å². The molecule has 6 heteroatoms. The van der Waals surface area contributed by atoms with E-state index in [1.165, 1.54) is 58.6 Å². The smallest absolute Gasteiger partial charge is 0.661 e. The molecule has 0 saturated carbocycles. The normalized spacial score (nSPS) is 13.8. The fourth-order valence-corrected chi connectivity index (χ4v) is 9.64. The minimum Gasteiger partial charge on any atom is -0.661 e. The number of fused-ring (bicyclic) bond motifs is 5. The molecule has 1 aliphatic rings. The van der Waals surface area contributed by atoms with Crippen LogP contribution < -0.4 is 10.1 Å². The van der Waals surface area contributed by atoms with Crippen molar-refractivity contribution in [2.45, 2.75) is 65.3 Å². The number of pyridine rings is 1. The molecule has 0 amide bonds. The van der Waals surface area contributed by atoms with Crippen molar-refractivity contribution in [2.24, 2.45) is 0 Å². The third-order valence-corrected chi connectivity index (χ3v) is 13.6. The Morgan fingerprint density at radius 3 is 2.11 bits per heavy atom. The van der Waals surface area contributed by atoms with Crippen LogP contribution >= 0.6 is 11.3 Å². The summed E-state index contributed by atoms with van der Waals surface area (Å²) in [7, 11) is -1.28. The molecule has 55 heavy (non-hydrogen) atoms. The molecule has 1 atom stereocenters. The Bertz CT molecular complexity index is 2570. The molecule has 1 unspecified atom stereocenters. The van der Waals surface area contributed by atoms with Gasteiger partial charge in [0.05, 0.1) is 8.07 Å². The second-order valence-electron chi connectivity index (χ2n) is 15.8. The molecule has 2 aromatic heterocycles. The first-order valence-corrected chi connectivity index (χ1v) is 23.3. The van der Waals surface area contributed by atoms with E-state index >= 15 is 0 Å². The number of nitrogens with zero attached hydrogens (tertiary/aromatic N) is 3. The molecule has 0 bridgehead atoms. The van der Waals surface area contributed by atoms with Crippen LogP contribution in [0, 0.1) is 12.1 Å². The monoisotopic (exact) mass is 929 g/mol. The van der Waals surface area contributed by atoms with Gasteiger partial charge in [-0.25, -0.2) is 11.3 Å².